The van der Waals surface area contributed by atoms with E-state index in [1.165, 1.54) is 6.92 Å². The summed E-state index contributed by atoms with van der Waals surface area (Å²) in [6.45, 7) is 12.4. The van der Waals surface area contributed by atoms with E-state index in [2.05, 4.69) is 16.0 Å². The van der Waals surface area contributed by atoms with Crippen LogP contribution in [0.3, 0.4) is 0 Å². The molecule has 0 saturated carbocycles. The van der Waals surface area contributed by atoms with Crippen LogP contribution in [0.1, 0.15) is 61.3 Å². The van der Waals surface area contributed by atoms with E-state index in [1.807, 2.05) is 20.8 Å². The van der Waals surface area contributed by atoms with E-state index in [-0.39, 0.29) is 17.8 Å². The quantitative estimate of drug-likeness (QED) is 0.316. The summed E-state index contributed by atoms with van der Waals surface area (Å²) in [4.78, 5) is 49.0. The van der Waals surface area contributed by atoms with E-state index in [0.29, 0.717) is 12.8 Å². The molecule has 0 fully saturated rings. The van der Waals surface area contributed by atoms with Gasteiger partial charge in [0.05, 0.1) is 6.04 Å². The maximum Gasteiger partial charge on any atom is 0.326 e. The molecule has 0 bridgehead atoms. The third-order valence-corrected chi connectivity index (χ3v) is 4.78. The van der Waals surface area contributed by atoms with E-state index in [9.17, 15) is 24.3 Å². The maximum atomic E-state index is 12.8. The first-order valence-corrected chi connectivity index (χ1v) is 10.2. The molecule has 0 aromatic rings. The molecule has 0 heterocycles. The van der Waals surface area contributed by atoms with Crippen LogP contribution >= 0.6 is 0 Å². The fourth-order valence-electron chi connectivity index (χ4n) is 2.72. The zero-order valence-electron chi connectivity index (χ0n) is 18.6. The van der Waals surface area contributed by atoms with Gasteiger partial charge in [-0.1, -0.05) is 48.0 Å². The first-order valence-electron chi connectivity index (χ1n) is 10.2. The molecular weight excluding hydrogens is 376 g/mol. The van der Waals surface area contributed by atoms with Crippen LogP contribution in [0.15, 0.2) is 0 Å². The normalized spacial score (nSPS) is 16.5. The lowest BCUT2D eigenvalue weighted by molar-refractivity contribution is -0.144. The average Bonchev–Trinajstić information content (AvgIpc) is 2.61. The largest absolute Gasteiger partial charge is 0.480 e. The van der Waals surface area contributed by atoms with Crippen LogP contribution in [0.2, 0.25) is 0 Å². The lowest BCUT2D eigenvalue weighted by atomic mass is 9.96. The minimum atomic E-state index is -1.12. The van der Waals surface area contributed by atoms with Crippen molar-refractivity contribution in [3.63, 3.8) is 0 Å². The molecule has 5 unspecified atom stereocenters. The topological polar surface area (TPSA) is 151 Å². The van der Waals surface area contributed by atoms with Crippen molar-refractivity contribution in [1.29, 1.82) is 0 Å². The van der Waals surface area contributed by atoms with Gasteiger partial charge in [-0.15, -0.1) is 0 Å². The number of hydrogen-bond donors (Lipinski definition) is 5. The summed E-state index contributed by atoms with van der Waals surface area (Å²) < 4.78 is 0. The van der Waals surface area contributed by atoms with Gasteiger partial charge in [0.1, 0.15) is 18.1 Å². The summed E-state index contributed by atoms with van der Waals surface area (Å²) in [5.74, 6) is -3.08. The second-order valence-electron chi connectivity index (χ2n) is 8.42. The van der Waals surface area contributed by atoms with Crippen LogP contribution in [0.25, 0.3) is 0 Å². The highest BCUT2D eigenvalue weighted by Gasteiger charge is 2.33. The van der Waals surface area contributed by atoms with Crippen molar-refractivity contribution >= 4 is 23.7 Å². The van der Waals surface area contributed by atoms with Gasteiger partial charge in [0.2, 0.25) is 17.7 Å². The zero-order valence-corrected chi connectivity index (χ0v) is 18.6. The van der Waals surface area contributed by atoms with Crippen LogP contribution in [0, 0.1) is 17.8 Å². The van der Waals surface area contributed by atoms with Crippen molar-refractivity contribution in [1.82, 2.24) is 16.0 Å². The van der Waals surface area contributed by atoms with E-state index in [1.54, 1.807) is 20.8 Å². The Labute approximate surface area is 173 Å². The zero-order chi connectivity index (χ0) is 22.9. The van der Waals surface area contributed by atoms with E-state index in [4.69, 9.17) is 5.73 Å². The molecule has 5 atom stereocenters. The molecule has 0 aliphatic rings. The average molecular weight is 415 g/mol. The number of carboxylic acid groups (broad SMARTS) is 1. The number of nitrogens with two attached hydrogens (primary N) is 1. The Bertz CT molecular complexity index is 577. The summed E-state index contributed by atoms with van der Waals surface area (Å²) in [6, 6.07) is -3.59. The van der Waals surface area contributed by atoms with Gasteiger partial charge < -0.3 is 26.8 Å². The molecule has 0 aromatic heterocycles. The second kappa shape index (κ2) is 12.4. The predicted octanol–water partition coefficient (Wildman–Crippen LogP) is 0.621. The molecule has 0 spiro atoms. The van der Waals surface area contributed by atoms with Crippen molar-refractivity contribution < 1.29 is 24.3 Å². The number of carbonyl (C=O) groups excluding carboxylic acids is 3. The molecule has 0 aromatic carbocycles. The molecule has 168 valence electrons. The minimum Gasteiger partial charge on any atom is -0.480 e. The molecule has 0 aliphatic heterocycles. The van der Waals surface area contributed by atoms with Crippen molar-refractivity contribution in [3.8, 4) is 0 Å². The Morgan fingerprint density at radius 1 is 0.828 bits per heavy atom. The lowest BCUT2D eigenvalue weighted by Gasteiger charge is -2.28. The summed E-state index contributed by atoms with van der Waals surface area (Å²) >= 11 is 0. The Hall–Kier alpha value is -2.16. The van der Waals surface area contributed by atoms with Gasteiger partial charge in [0, 0.05) is 0 Å². The molecule has 0 aliphatic carbocycles. The van der Waals surface area contributed by atoms with E-state index >= 15 is 0 Å². The summed E-state index contributed by atoms with van der Waals surface area (Å²) in [6.07, 6.45) is 0.955. The monoisotopic (exact) mass is 414 g/mol. The summed E-state index contributed by atoms with van der Waals surface area (Å²) in [7, 11) is 0. The number of aliphatic carboxylic acids is 1. The number of hydrogen-bond acceptors (Lipinski definition) is 5. The molecule has 3 amide bonds. The highest BCUT2D eigenvalue weighted by Crippen LogP contribution is 2.11. The lowest BCUT2D eigenvalue weighted by Crippen LogP contribution is -2.59. The van der Waals surface area contributed by atoms with Crippen LogP contribution in [0.4, 0.5) is 0 Å². The molecule has 6 N–H and O–H groups in total. The predicted molar refractivity (Wildman–Crippen MR) is 111 cm³/mol. The van der Waals surface area contributed by atoms with Crippen LogP contribution in [0.5, 0.6) is 0 Å². The molecular formula is C20H38N4O5. The molecule has 9 nitrogen and oxygen atoms in total. The number of amides is 3. The number of carboxylic acids is 1. The molecule has 0 saturated heterocycles. The smallest absolute Gasteiger partial charge is 0.326 e. The minimum absolute atomic E-state index is 0.118. The van der Waals surface area contributed by atoms with Crippen molar-refractivity contribution in [2.45, 2.75) is 85.5 Å². The molecule has 0 radical (unpaired) electrons. The maximum absolute atomic E-state index is 12.8. The van der Waals surface area contributed by atoms with E-state index < -0.39 is 47.9 Å². The van der Waals surface area contributed by atoms with Crippen LogP contribution < -0.4 is 21.7 Å². The van der Waals surface area contributed by atoms with Gasteiger partial charge in [-0.2, -0.15) is 0 Å². The number of carbonyl (C=O) groups is 4. The van der Waals surface area contributed by atoms with Gasteiger partial charge in [0.15, 0.2) is 0 Å². The van der Waals surface area contributed by atoms with E-state index in [0.717, 1.165) is 0 Å². The van der Waals surface area contributed by atoms with Gasteiger partial charge in [0.25, 0.3) is 0 Å². The Morgan fingerprint density at radius 3 is 1.72 bits per heavy atom. The fourth-order valence-corrected chi connectivity index (χ4v) is 2.72. The Balaban J connectivity index is 5.40. The second-order valence-corrected chi connectivity index (χ2v) is 8.42. The number of rotatable bonds is 12. The first-order chi connectivity index (χ1) is 13.3. The molecule has 0 rings (SSSR count). The Morgan fingerprint density at radius 2 is 1.34 bits per heavy atom. The third kappa shape index (κ3) is 9.25. The first kappa shape index (κ1) is 26.8. The highest BCUT2D eigenvalue weighted by atomic mass is 16.4. The standard InChI is InChI=1S/C20H38N4O5/c1-8-12(6)16(20(28)29)24-19(27)15(11(4)5)23-18(26)14(9-10(2)3)22-17(25)13(7)21/h10-16H,8-9,21H2,1-7H3,(H,22,25)(H,23,26)(H,24,27)(H,28,29). The SMILES string of the molecule is CCC(C)C(NC(=O)C(NC(=O)C(CC(C)C)NC(=O)C(C)N)C(C)C)C(=O)O. The van der Waals surface area contributed by atoms with Crippen LogP contribution in [-0.2, 0) is 19.2 Å². The number of nitrogens with one attached hydrogen (secondary N) is 3. The summed E-state index contributed by atoms with van der Waals surface area (Å²) in [5.41, 5.74) is 5.57. The van der Waals surface area contributed by atoms with Crippen molar-refractivity contribution in [3.05, 3.63) is 0 Å². The van der Waals surface area contributed by atoms with Crippen molar-refractivity contribution in [2.75, 3.05) is 0 Å². The molecule has 29 heavy (non-hydrogen) atoms. The Kier molecular flexibility index (Phi) is 11.5. The third-order valence-electron chi connectivity index (χ3n) is 4.78. The van der Waals surface area contributed by atoms with Crippen molar-refractivity contribution in [2.24, 2.45) is 23.5 Å². The summed E-state index contributed by atoms with van der Waals surface area (Å²) in [5, 5.41) is 17.2. The van der Waals surface area contributed by atoms with Gasteiger partial charge in [-0.3, -0.25) is 14.4 Å². The van der Waals surface area contributed by atoms with Gasteiger partial charge >= 0.3 is 5.97 Å². The highest BCUT2D eigenvalue weighted by molar-refractivity contribution is 5.94. The van der Waals surface area contributed by atoms with Crippen LogP contribution in [-0.4, -0.2) is 53.0 Å². The van der Waals surface area contributed by atoms with Gasteiger partial charge in [-0.05, 0) is 31.1 Å². The fraction of sp³-hybridized carbons (Fsp3) is 0.800. The molecule has 9 heteroatoms. The van der Waals surface area contributed by atoms with Gasteiger partial charge in [-0.25, -0.2) is 4.79 Å².